The number of anilines is 6. The van der Waals surface area contributed by atoms with Crippen LogP contribution in [0, 0.1) is 0 Å². The Morgan fingerprint density at radius 1 is 0.230 bits per heavy atom. The maximum absolute atomic E-state index is 12.9. The van der Waals surface area contributed by atoms with E-state index in [2.05, 4.69) is 162 Å². The molecule has 0 fully saturated rings. The van der Waals surface area contributed by atoms with Gasteiger partial charge >= 0.3 is 535 Å². The fraction of sp³-hybridized carbons (Fsp3) is 0. The number of amides is 6. The van der Waals surface area contributed by atoms with Crippen molar-refractivity contribution >= 4 is 162 Å². The molecular formula is C72H63N6O6Sb3. The van der Waals surface area contributed by atoms with Crippen LogP contribution in [0.4, 0.5) is 34.1 Å². The molecule has 0 aliphatic rings. The Morgan fingerprint density at radius 3 is 0.494 bits per heavy atom. The minimum atomic E-state index is -3.26. The monoisotopic (exact) mass is 1470 g/mol. The zero-order valence-electron chi connectivity index (χ0n) is 47.5. The van der Waals surface area contributed by atoms with E-state index in [0.29, 0.717) is 34.1 Å². The average Bonchev–Trinajstić information content (AvgIpc) is 1.28. The second-order valence-corrected chi connectivity index (χ2v) is 37.5. The van der Waals surface area contributed by atoms with E-state index in [1.165, 1.54) is 72.9 Å². The first-order valence-corrected chi connectivity index (χ1v) is 38.6. The van der Waals surface area contributed by atoms with E-state index in [0.717, 1.165) is 31.6 Å². The summed E-state index contributed by atoms with van der Waals surface area (Å²) in [5.41, 5.74) is 3.68. The van der Waals surface area contributed by atoms with Crippen molar-refractivity contribution in [2.24, 2.45) is 0 Å². The number of hydrogen-bond acceptors (Lipinski definition) is 6. The van der Waals surface area contributed by atoms with E-state index >= 15 is 0 Å². The molecule has 7 aromatic carbocycles. The topological polar surface area (TPSA) is 175 Å². The van der Waals surface area contributed by atoms with Crippen LogP contribution in [-0.4, -0.2) is 96.1 Å². The van der Waals surface area contributed by atoms with Gasteiger partial charge in [-0.3, -0.25) is 0 Å². The van der Waals surface area contributed by atoms with Crippen molar-refractivity contribution < 1.29 is 28.8 Å². The average molecular weight is 1470 g/mol. The quantitative estimate of drug-likeness (QED) is 0.0179. The van der Waals surface area contributed by atoms with Crippen molar-refractivity contribution in [3.8, 4) is 0 Å². The van der Waals surface area contributed by atoms with Crippen LogP contribution in [0.25, 0.3) is 0 Å². The van der Waals surface area contributed by atoms with Gasteiger partial charge in [-0.15, -0.1) is 0 Å². The zero-order chi connectivity index (χ0) is 61.9. The van der Waals surface area contributed by atoms with Gasteiger partial charge in [0.05, 0.1) is 0 Å². The van der Waals surface area contributed by atoms with Gasteiger partial charge in [-0.2, -0.15) is 0 Å². The number of carbonyl (C=O) groups is 6. The van der Waals surface area contributed by atoms with Gasteiger partial charge in [0.15, 0.2) is 0 Å². The molecule has 12 nitrogen and oxygen atoms in total. The van der Waals surface area contributed by atoms with Gasteiger partial charge in [0.2, 0.25) is 0 Å². The van der Waals surface area contributed by atoms with E-state index in [4.69, 9.17) is 0 Å². The Morgan fingerprint density at radius 2 is 0.368 bits per heavy atom. The predicted molar refractivity (Wildman–Crippen MR) is 367 cm³/mol. The Hall–Kier alpha value is -9.31. The van der Waals surface area contributed by atoms with Gasteiger partial charge in [0.25, 0.3) is 0 Å². The summed E-state index contributed by atoms with van der Waals surface area (Å²) in [5, 5.41) is 17.8. The molecule has 87 heavy (non-hydrogen) atoms. The fourth-order valence-corrected chi connectivity index (χ4v) is 31.1. The summed E-state index contributed by atoms with van der Waals surface area (Å²) < 4.78 is 9.94. The summed E-state index contributed by atoms with van der Waals surface area (Å²) in [6.07, 6.45) is 27.2. The van der Waals surface area contributed by atoms with Crippen LogP contribution in [0.5, 0.6) is 0 Å². The van der Waals surface area contributed by atoms with Crippen LogP contribution < -0.4 is 63.5 Å². The number of carbonyl (C=O) groups excluding carboxylic acids is 6. The van der Waals surface area contributed by atoms with E-state index in [1.54, 1.807) is 36.5 Å². The standard InChI is InChI=1S/6C11H10NO.C6H3.3Sb/c6*1-2-3-9-11(13)12-10-7-5-4-6-8-10;1-2-4-6-5-3-1;;;/h6*2-3,5-9H,1H2,(H,12,13);1,4-5H;;;. The normalized spacial score (nSPS) is 11.3. The number of rotatable bonds is 27. The van der Waals surface area contributed by atoms with Crippen molar-refractivity contribution in [2.75, 3.05) is 31.9 Å². The molecule has 7 rings (SSSR count). The second-order valence-electron chi connectivity index (χ2n) is 18.5. The van der Waals surface area contributed by atoms with Crippen LogP contribution in [0.2, 0.25) is 0 Å². The first kappa shape index (κ1) is 65.2. The van der Waals surface area contributed by atoms with Crippen LogP contribution in [-0.2, 0) is 28.8 Å². The van der Waals surface area contributed by atoms with E-state index < -0.39 is 60.6 Å². The molecule has 0 saturated heterocycles. The van der Waals surface area contributed by atoms with E-state index in [1.807, 2.05) is 72.8 Å². The second kappa shape index (κ2) is 34.0. The summed E-state index contributed by atoms with van der Waals surface area (Å²) in [7, 11) is 0. The Kier molecular flexibility index (Phi) is 25.5. The maximum atomic E-state index is 12.9. The SMILES string of the molecule is C=CC=CC(=O)Nc1cc[c]([Sb]([c]2ccc(NC(=O)C=CC=C)cc2)[c]2c[c]([Sb]([c]3ccc(NC(=O)C=CC=C)cc3)[c]3ccc(NC(=O)C=CC=C)cc3)c[c]([Sb]([c]3ccc(NC(=O)C=CC=C)cc3)[c]3ccc(NC(=O)C=CC=C)cc3)c2)cc1. The van der Waals surface area contributed by atoms with Gasteiger partial charge in [0.1, 0.15) is 0 Å². The summed E-state index contributed by atoms with van der Waals surface area (Å²) in [6, 6.07) is 55.1. The van der Waals surface area contributed by atoms with Crippen molar-refractivity contribution in [1.29, 1.82) is 0 Å². The summed E-state index contributed by atoms with van der Waals surface area (Å²) in [6.45, 7) is 22.1. The fourth-order valence-electron chi connectivity index (χ4n) is 8.51. The number of allylic oxidation sites excluding steroid dienone is 12. The van der Waals surface area contributed by atoms with E-state index in [9.17, 15) is 28.8 Å². The molecule has 0 radical (unpaired) electrons. The molecule has 0 heterocycles. The van der Waals surface area contributed by atoms with Crippen LogP contribution in [0.15, 0.2) is 313 Å². The molecule has 432 valence electrons. The molecule has 7 aromatic rings. The molecular weight excluding hydrogens is 1410 g/mol. The van der Waals surface area contributed by atoms with Crippen LogP contribution in [0.1, 0.15) is 0 Å². The molecule has 0 aliphatic heterocycles. The number of nitrogens with one attached hydrogen (secondary N) is 6. The molecule has 0 atom stereocenters. The summed E-state index contributed by atoms with van der Waals surface area (Å²) >= 11 is -9.78. The molecule has 0 aromatic heterocycles. The zero-order valence-corrected chi connectivity index (χ0v) is 55.2. The minimum absolute atomic E-state index is 0.298. The molecule has 0 unspecified atom stereocenters. The summed E-state index contributed by atoms with van der Waals surface area (Å²) in [4.78, 5) is 77.5. The molecule has 0 saturated carbocycles. The van der Waals surface area contributed by atoms with Crippen molar-refractivity contribution in [3.05, 3.63) is 313 Å². The van der Waals surface area contributed by atoms with Crippen molar-refractivity contribution in [1.82, 2.24) is 0 Å². The summed E-state index contributed by atoms with van der Waals surface area (Å²) in [5.74, 6) is -1.79. The molecule has 6 amide bonds. The predicted octanol–water partition coefficient (Wildman–Crippen LogP) is 7.32. The van der Waals surface area contributed by atoms with Crippen LogP contribution in [0.3, 0.4) is 0 Å². The molecule has 15 heteroatoms. The molecule has 6 N–H and O–H groups in total. The van der Waals surface area contributed by atoms with Crippen molar-refractivity contribution in [3.63, 3.8) is 0 Å². The van der Waals surface area contributed by atoms with Gasteiger partial charge in [-0.25, -0.2) is 0 Å². The molecule has 0 aliphatic carbocycles. The number of hydrogen-bond donors (Lipinski definition) is 6. The van der Waals surface area contributed by atoms with E-state index in [-0.39, 0.29) is 35.4 Å². The van der Waals surface area contributed by atoms with Gasteiger partial charge in [0, 0.05) is 0 Å². The van der Waals surface area contributed by atoms with Crippen molar-refractivity contribution in [2.45, 2.75) is 0 Å². The Bertz CT molecular complexity index is 3220. The molecule has 0 spiro atoms. The molecule has 0 bridgehead atoms. The van der Waals surface area contributed by atoms with Gasteiger partial charge < -0.3 is 0 Å². The Balaban J connectivity index is 1.53. The Labute approximate surface area is 530 Å². The third-order valence-corrected chi connectivity index (χ3v) is 32.9. The number of benzene rings is 7. The van der Waals surface area contributed by atoms with Gasteiger partial charge in [-0.05, 0) is 0 Å². The first-order valence-electron chi connectivity index (χ1n) is 27.1. The first-order chi connectivity index (χ1) is 42.3. The third-order valence-electron chi connectivity index (χ3n) is 12.3. The van der Waals surface area contributed by atoms with Crippen LogP contribution >= 0.6 is 0 Å². The third kappa shape index (κ3) is 19.9. The van der Waals surface area contributed by atoms with Gasteiger partial charge in [-0.1, -0.05) is 0 Å².